The van der Waals surface area contributed by atoms with Crippen molar-refractivity contribution in [3.8, 4) is 11.3 Å². The number of carbonyl (C=O) groups is 1. The first-order valence-corrected chi connectivity index (χ1v) is 8.78. The quantitative estimate of drug-likeness (QED) is 0.908. The van der Waals surface area contributed by atoms with Gasteiger partial charge in [-0.25, -0.2) is 9.37 Å². The van der Waals surface area contributed by atoms with E-state index in [1.54, 1.807) is 6.92 Å². The van der Waals surface area contributed by atoms with Crippen LogP contribution in [0.1, 0.15) is 33.1 Å². The maximum atomic E-state index is 14.5. The Morgan fingerprint density at radius 2 is 2.35 bits per heavy atom. The summed E-state index contributed by atoms with van der Waals surface area (Å²) in [5.41, 5.74) is 2.07. The van der Waals surface area contributed by atoms with Crippen LogP contribution in [0, 0.1) is 5.82 Å². The zero-order valence-electron chi connectivity index (χ0n) is 13.3. The Labute approximate surface area is 139 Å². The molecule has 3 rings (SSSR count). The largest absolute Gasteiger partial charge is 0.366 e. The van der Waals surface area contributed by atoms with Crippen LogP contribution in [-0.2, 0) is 4.79 Å². The van der Waals surface area contributed by atoms with Crippen molar-refractivity contribution >= 4 is 28.1 Å². The second kappa shape index (κ2) is 6.66. The molecule has 0 spiro atoms. The standard InChI is InChI=1S/C17H20FN3OS/c1-3-16(22)20-17-19-14(10-23-17)12-6-7-15(13(18)9-12)21-8-4-5-11(21)2/h6-7,9-11H,3-5,8H2,1-2H3,(H,19,20,22)/t11-/m0/s1. The van der Waals surface area contributed by atoms with E-state index in [1.807, 2.05) is 17.5 Å². The summed E-state index contributed by atoms with van der Waals surface area (Å²) in [6.07, 6.45) is 2.62. The van der Waals surface area contributed by atoms with Gasteiger partial charge in [0.1, 0.15) is 5.82 Å². The Morgan fingerprint density at radius 1 is 1.52 bits per heavy atom. The monoisotopic (exact) mass is 333 g/mol. The molecule has 1 atom stereocenters. The summed E-state index contributed by atoms with van der Waals surface area (Å²) in [4.78, 5) is 17.9. The summed E-state index contributed by atoms with van der Waals surface area (Å²) < 4.78 is 14.5. The third-order valence-corrected chi connectivity index (χ3v) is 4.94. The van der Waals surface area contributed by atoms with Crippen LogP contribution < -0.4 is 10.2 Å². The molecule has 1 aliphatic heterocycles. The van der Waals surface area contributed by atoms with Crippen LogP contribution >= 0.6 is 11.3 Å². The first-order chi connectivity index (χ1) is 11.1. The normalized spacial score (nSPS) is 17.5. The number of carbonyl (C=O) groups excluding carboxylic acids is 1. The highest BCUT2D eigenvalue weighted by atomic mass is 32.1. The fourth-order valence-corrected chi connectivity index (χ4v) is 3.60. The summed E-state index contributed by atoms with van der Waals surface area (Å²) in [6, 6.07) is 5.63. The number of rotatable bonds is 4. The Balaban J connectivity index is 1.81. The predicted molar refractivity (Wildman–Crippen MR) is 92.5 cm³/mol. The zero-order chi connectivity index (χ0) is 16.4. The summed E-state index contributed by atoms with van der Waals surface area (Å²) >= 11 is 1.35. The molecule has 2 aromatic rings. The summed E-state index contributed by atoms with van der Waals surface area (Å²) in [7, 11) is 0. The molecule has 1 N–H and O–H groups in total. The Morgan fingerprint density at radius 3 is 3.00 bits per heavy atom. The number of hydrogen-bond acceptors (Lipinski definition) is 4. The van der Waals surface area contributed by atoms with E-state index in [4.69, 9.17) is 0 Å². The van der Waals surface area contributed by atoms with Gasteiger partial charge in [-0.2, -0.15) is 0 Å². The number of nitrogens with zero attached hydrogens (tertiary/aromatic N) is 2. The Bertz CT molecular complexity index is 716. The van der Waals surface area contributed by atoms with E-state index in [-0.39, 0.29) is 11.7 Å². The van der Waals surface area contributed by atoms with Crippen molar-refractivity contribution in [1.82, 2.24) is 4.98 Å². The number of benzene rings is 1. The van der Waals surface area contributed by atoms with E-state index in [2.05, 4.69) is 22.1 Å². The highest BCUT2D eigenvalue weighted by molar-refractivity contribution is 7.14. The minimum absolute atomic E-state index is 0.0737. The third kappa shape index (κ3) is 3.37. The average molecular weight is 333 g/mol. The lowest BCUT2D eigenvalue weighted by Gasteiger charge is -2.24. The number of hydrogen-bond donors (Lipinski definition) is 1. The van der Waals surface area contributed by atoms with E-state index in [9.17, 15) is 9.18 Å². The summed E-state index contributed by atoms with van der Waals surface area (Å²) in [6.45, 7) is 4.82. The van der Waals surface area contributed by atoms with Gasteiger partial charge in [-0.1, -0.05) is 13.0 Å². The fraction of sp³-hybridized carbons (Fsp3) is 0.412. The molecular weight excluding hydrogens is 313 g/mol. The molecule has 1 aromatic carbocycles. The van der Waals surface area contributed by atoms with Crippen molar-refractivity contribution in [2.24, 2.45) is 0 Å². The van der Waals surface area contributed by atoms with Gasteiger partial charge in [0.15, 0.2) is 5.13 Å². The van der Waals surface area contributed by atoms with Gasteiger partial charge < -0.3 is 10.2 Å². The van der Waals surface area contributed by atoms with Crippen LogP contribution in [0.3, 0.4) is 0 Å². The Hall–Kier alpha value is -1.95. The first-order valence-electron chi connectivity index (χ1n) is 7.90. The minimum Gasteiger partial charge on any atom is -0.366 e. The molecule has 1 amide bonds. The number of amides is 1. The molecule has 1 aromatic heterocycles. The molecule has 6 heteroatoms. The molecule has 0 saturated carbocycles. The second-order valence-corrected chi connectivity index (χ2v) is 6.65. The van der Waals surface area contributed by atoms with Gasteiger partial charge in [0.05, 0.1) is 11.4 Å². The molecule has 0 aliphatic carbocycles. The molecule has 0 bridgehead atoms. The van der Waals surface area contributed by atoms with Gasteiger partial charge in [0.2, 0.25) is 5.91 Å². The van der Waals surface area contributed by atoms with Crippen molar-refractivity contribution < 1.29 is 9.18 Å². The summed E-state index contributed by atoms with van der Waals surface area (Å²) in [5, 5.41) is 5.10. The lowest BCUT2D eigenvalue weighted by molar-refractivity contribution is -0.115. The predicted octanol–water partition coefficient (Wildman–Crippen LogP) is 4.29. The van der Waals surface area contributed by atoms with Gasteiger partial charge in [-0.15, -0.1) is 11.3 Å². The van der Waals surface area contributed by atoms with Crippen molar-refractivity contribution in [3.63, 3.8) is 0 Å². The van der Waals surface area contributed by atoms with Crippen LogP contribution in [0.2, 0.25) is 0 Å². The molecule has 0 unspecified atom stereocenters. The molecule has 1 aliphatic rings. The Kier molecular flexibility index (Phi) is 4.61. The maximum absolute atomic E-state index is 14.5. The van der Waals surface area contributed by atoms with Crippen molar-refractivity contribution in [2.75, 3.05) is 16.8 Å². The SMILES string of the molecule is CCC(=O)Nc1nc(-c2ccc(N3CCC[C@@H]3C)c(F)c2)cs1. The second-order valence-electron chi connectivity index (χ2n) is 5.79. The van der Waals surface area contributed by atoms with E-state index in [1.165, 1.54) is 17.4 Å². The fourth-order valence-electron chi connectivity index (χ4n) is 2.86. The van der Waals surface area contributed by atoms with Gasteiger partial charge in [0, 0.05) is 30.0 Å². The average Bonchev–Trinajstić information content (AvgIpc) is 3.16. The van der Waals surface area contributed by atoms with Crippen LogP contribution in [0.25, 0.3) is 11.3 Å². The number of aromatic nitrogens is 1. The third-order valence-electron chi connectivity index (χ3n) is 4.18. The number of halogens is 1. The van der Waals surface area contributed by atoms with Crippen LogP contribution in [0.4, 0.5) is 15.2 Å². The number of anilines is 2. The van der Waals surface area contributed by atoms with Crippen LogP contribution in [0.15, 0.2) is 23.6 Å². The molecule has 4 nitrogen and oxygen atoms in total. The maximum Gasteiger partial charge on any atom is 0.225 e. The van der Waals surface area contributed by atoms with Gasteiger partial charge in [-0.3, -0.25) is 4.79 Å². The molecular formula is C17H20FN3OS. The number of thiazole rings is 1. The molecule has 1 saturated heterocycles. The van der Waals surface area contributed by atoms with Gasteiger partial charge >= 0.3 is 0 Å². The molecule has 122 valence electrons. The lowest BCUT2D eigenvalue weighted by Crippen LogP contribution is -2.27. The molecule has 23 heavy (non-hydrogen) atoms. The smallest absolute Gasteiger partial charge is 0.225 e. The highest BCUT2D eigenvalue weighted by Gasteiger charge is 2.23. The van der Waals surface area contributed by atoms with Crippen molar-refractivity contribution in [2.45, 2.75) is 39.2 Å². The first kappa shape index (κ1) is 15.9. The highest BCUT2D eigenvalue weighted by Crippen LogP contribution is 2.32. The topological polar surface area (TPSA) is 45.2 Å². The van der Waals surface area contributed by atoms with E-state index in [0.717, 1.165) is 24.9 Å². The van der Waals surface area contributed by atoms with Crippen molar-refractivity contribution in [3.05, 3.63) is 29.4 Å². The molecule has 1 fully saturated rings. The van der Waals surface area contributed by atoms with Gasteiger partial charge in [0.25, 0.3) is 0 Å². The van der Waals surface area contributed by atoms with Crippen LogP contribution in [0.5, 0.6) is 0 Å². The van der Waals surface area contributed by atoms with Gasteiger partial charge in [-0.05, 0) is 31.9 Å². The van der Waals surface area contributed by atoms with Crippen LogP contribution in [-0.4, -0.2) is 23.5 Å². The minimum atomic E-state index is -0.219. The van der Waals surface area contributed by atoms with E-state index < -0.39 is 0 Å². The summed E-state index contributed by atoms with van der Waals surface area (Å²) in [5.74, 6) is -0.293. The van der Waals surface area contributed by atoms with E-state index >= 15 is 0 Å². The van der Waals surface area contributed by atoms with Crippen molar-refractivity contribution in [1.29, 1.82) is 0 Å². The zero-order valence-corrected chi connectivity index (χ0v) is 14.1. The number of nitrogens with one attached hydrogen (secondary N) is 1. The molecule has 2 heterocycles. The lowest BCUT2D eigenvalue weighted by atomic mass is 10.1. The van der Waals surface area contributed by atoms with E-state index in [0.29, 0.717) is 29.0 Å². The molecule has 0 radical (unpaired) electrons.